The molecule has 134 valence electrons. The Balaban J connectivity index is 2.01. The standard InChI is InChI=1S/C19H24F2N4/c1-4-22-19(24-13-15-11-16(20)7-10-18(15)21)23-12-14-5-8-17(9-6-14)25(2)3/h5-11H,4,12-13H2,1-3H3,(H2,22,23,24). The molecule has 0 amide bonds. The van der Waals surface area contributed by atoms with Crippen LogP contribution in [0.2, 0.25) is 0 Å². The van der Waals surface area contributed by atoms with E-state index in [1.807, 2.05) is 50.2 Å². The zero-order valence-corrected chi connectivity index (χ0v) is 14.8. The van der Waals surface area contributed by atoms with Crippen LogP contribution in [0.3, 0.4) is 0 Å². The van der Waals surface area contributed by atoms with Crippen LogP contribution in [0.1, 0.15) is 18.1 Å². The predicted molar refractivity (Wildman–Crippen MR) is 98.8 cm³/mol. The fourth-order valence-corrected chi connectivity index (χ4v) is 2.27. The highest BCUT2D eigenvalue weighted by Gasteiger charge is 2.05. The van der Waals surface area contributed by atoms with Crippen LogP contribution in [0.25, 0.3) is 0 Å². The van der Waals surface area contributed by atoms with Crippen molar-refractivity contribution in [3.05, 3.63) is 65.2 Å². The first-order chi connectivity index (χ1) is 12.0. The number of hydrogen-bond donors (Lipinski definition) is 2. The number of anilines is 1. The molecule has 0 aliphatic heterocycles. The summed E-state index contributed by atoms with van der Waals surface area (Å²) in [6.07, 6.45) is 0. The zero-order valence-electron chi connectivity index (χ0n) is 14.8. The molecule has 2 aromatic carbocycles. The van der Waals surface area contributed by atoms with Gasteiger partial charge in [-0.25, -0.2) is 13.8 Å². The average Bonchev–Trinajstić information content (AvgIpc) is 2.60. The maximum Gasteiger partial charge on any atom is 0.191 e. The molecule has 25 heavy (non-hydrogen) atoms. The largest absolute Gasteiger partial charge is 0.378 e. The van der Waals surface area contributed by atoms with E-state index >= 15 is 0 Å². The third kappa shape index (κ3) is 5.74. The van der Waals surface area contributed by atoms with Gasteiger partial charge in [-0.1, -0.05) is 12.1 Å². The molecule has 0 fully saturated rings. The molecular weight excluding hydrogens is 322 g/mol. The molecule has 0 aromatic heterocycles. The number of guanidine groups is 1. The molecule has 6 heteroatoms. The number of rotatable bonds is 6. The van der Waals surface area contributed by atoms with Crippen molar-refractivity contribution in [3.63, 3.8) is 0 Å². The summed E-state index contributed by atoms with van der Waals surface area (Å²) in [7, 11) is 3.98. The molecule has 0 heterocycles. The maximum absolute atomic E-state index is 13.7. The van der Waals surface area contributed by atoms with E-state index in [9.17, 15) is 8.78 Å². The lowest BCUT2D eigenvalue weighted by Crippen LogP contribution is -2.37. The lowest BCUT2D eigenvalue weighted by atomic mass is 10.2. The van der Waals surface area contributed by atoms with Gasteiger partial charge in [-0.05, 0) is 42.8 Å². The van der Waals surface area contributed by atoms with Crippen molar-refractivity contribution in [2.75, 3.05) is 25.5 Å². The molecule has 0 saturated heterocycles. The fourth-order valence-electron chi connectivity index (χ4n) is 2.27. The minimum atomic E-state index is -0.457. The van der Waals surface area contributed by atoms with Crippen LogP contribution in [0.15, 0.2) is 47.5 Å². The van der Waals surface area contributed by atoms with E-state index in [1.54, 1.807) is 0 Å². The third-order valence-corrected chi connectivity index (χ3v) is 3.67. The Bertz CT molecular complexity index is 712. The summed E-state index contributed by atoms with van der Waals surface area (Å²) in [5, 5.41) is 6.13. The minimum Gasteiger partial charge on any atom is -0.378 e. The highest BCUT2D eigenvalue weighted by atomic mass is 19.1. The second-order valence-corrected chi connectivity index (χ2v) is 5.85. The van der Waals surface area contributed by atoms with Crippen molar-refractivity contribution in [2.45, 2.75) is 20.0 Å². The SMILES string of the molecule is CCNC(=NCc1ccc(N(C)C)cc1)NCc1cc(F)ccc1F. The average molecular weight is 346 g/mol. The number of hydrogen-bond acceptors (Lipinski definition) is 2. The smallest absolute Gasteiger partial charge is 0.191 e. The molecule has 0 radical (unpaired) electrons. The Morgan fingerprint density at radius 3 is 2.40 bits per heavy atom. The zero-order chi connectivity index (χ0) is 18.2. The molecule has 2 N–H and O–H groups in total. The topological polar surface area (TPSA) is 39.7 Å². The summed E-state index contributed by atoms with van der Waals surface area (Å²) in [6, 6.07) is 11.5. The van der Waals surface area contributed by atoms with Gasteiger partial charge in [0.1, 0.15) is 11.6 Å². The van der Waals surface area contributed by atoms with Gasteiger partial charge in [-0.2, -0.15) is 0 Å². The normalized spacial score (nSPS) is 11.3. The molecule has 0 spiro atoms. The van der Waals surface area contributed by atoms with Crippen LogP contribution in [-0.2, 0) is 13.1 Å². The summed E-state index contributed by atoms with van der Waals surface area (Å²) < 4.78 is 26.9. The van der Waals surface area contributed by atoms with Gasteiger partial charge in [0.25, 0.3) is 0 Å². The Morgan fingerprint density at radius 1 is 1.04 bits per heavy atom. The van der Waals surface area contributed by atoms with Crippen LogP contribution in [0, 0.1) is 11.6 Å². The monoisotopic (exact) mass is 346 g/mol. The first-order valence-electron chi connectivity index (χ1n) is 8.22. The fraction of sp³-hybridized carbons (Fsp3) is 0.316. The van der Waals surface area contributed by atoms with Crippen LogP contribution in [-0.4, -0.2) is 26.6 Å². The maximum atomic E-state index is 13.7. The van der Waals surface area contributed by atoms with E-state index in [0.717, 1.165) is 23.4 Å². The predicted octanol–water partition coefficient (Wildman–Crippen LogP) is 3.29. The first-order valence-corrected chi connectivity index (χ1v) is 8.22. The quantitative estimate of drug-likeness (QED) is 0.623. The van der Waals surface area contributed by atoms with E-state index < -0.39 is 11.6 Å². The summed E-state index contributed by atoms with van der Waals surface area (Å²) >= 11 is 0. The first kappa shape index (κ1) is 18.7. The Morgan fingerprint density at radius 2 is 1.76 bits per heavy atom. The number of halogens is 2. The van der Waals surface area contributed by atoms with Gasteiger partial charge in [0.15, 0.2) is 5.96 Å². The number of benzene rings is 2. The highest BCUT2D eigenvalue weighted by molar-refractivity contribution is 5.79. The summed E-state index contributed by atoms with van der Waals surface area (Å²) in [6.45, 7) is 3.28. The molecule has 2 rings (SSSR count). The van der Waals surface area contributed by atoms with Crippen LogP contribution < -0.4 is 15.5 Å². The van der Waals surface area contributed by atoms with E-state index in [1.165, 1.54) is 6.07 Å². The molecule has 0 saturated carbocycles. The van der Waals surface area contributed by atoms with Crippen molar-refractivity contribution in [3.8, 4) is 0 Å². The van der Waals surface area contributed by atoms with Gasteiger partial charge in [0, 0.05) is 38.4 Å². The van der Waals surface area contributed by atoms with Gasteiger partial charge in [0.2, 0.25) is 0 Å². The van der Waals surface area contributed by atoms with E-state index in [2.05, 4.69) is 15.6 Å². The molecule has 2 aromatic rings. The Labute approximate surface area is 147 Å². The minimum absolute atomic E-state index is 0.162. The van der Waals surface area contributed by atoms with Gasteiger partial charge in [-0.3, -0.25) is 0 Å². The number of nitrogens with zero attached hydrogens (tertiary/aromatic N) is 2. The Kier molecular flexibility index (Phi) is 6.74. The Hall–Kier alpha value is -2.63. The van der Waals surface area contributed by atoms with E-state index in [0.29, 0.717) is 19.0 Å². The summed E-state index contributed by atoms with van der Waals surface area (Å²) in [4.78, 5) is 6.52. The van der Waals surface area contributed by atoms with E-state index in [-0.39, 0.29) is 12.1 Å². The summed E-state index contributed by atoms with van der Waals surface area (Å²) in [5.74, 6) is -0.340. The molecule has 0 atom stereocenters. The molecule has 0 aliphatic rings. The van der Waals surface area contributed by atoms with Crippen LogP contribution in [0.5, 0.6) is 0 Å². The van der Waals surface area contributed by atoms with Crippen LogP contribution in [0.4, 0.5) is 14.5 Å². The lowest BCUT2D eigenvalue weighted by molar-refractivity contribution is 0.581. The number of aliphatic imine (C=N–C) groups is 1. The molecule has 0 unspecified atom stereocenters. The van der Waals surface area contributed by atoms with Crippen molar-refractivity contribution >= 4 is 11.6 Å². The van der Waals surface area contributed by atoms with Crippen molar-refractivity contribution in [1.82, 2.24) is 10.6 Å². The van der Waals surface area contributed by atoms with Crippen molar-refractivity contribution in [1.29, 1.82) is 0 Å². The lowest BCUT2D eigenvalue weighted by Gasteiger charge is -2.13. The molecular formula is C19H24F2N4. The third-order valence-electron chi connectivity index (χ3n) is 3.67. The van der Waals surface area contributed by atoms with Gasteiger partial charge in [-0.15, -0.1) is 0 Å². The van der Waals surface area contributed by atoms with Gasteiger partial charge >= 0.3 is 0 Å². The number of nitrogens with one attached hydrogen (secondary N) is 2. The van der Waals surface area contributed by atoms with Crippen LogP contribution >= 0.6 is 0 Å². The molecule has 4 nitrogen and oxygen atoms in total. The van der Waals surface area contributed by atoms with E-state index in [4.69, 9.17) is 0 Å². The molecule has 0 aliphatic carbocycles. The van der Waals surface area contributed by atoms with Crippen molar-refractivity contribution < 1.29 is 8.78 Å². The van der Waals surface area contributed by atoms with Gasteiger partial charge < -0.3 is 15.5 Å². The second-order valence-electron chi connectivity index (χ2n) is 5.85. The van der Waals surface area contributed by atoms with Gasteiger partial charge in [0.05, 0.1) is 6.54 Å². The summed E-state index contributed by atoms with van der Waals surface area (Å²) in [5.41, 5.74) is 2.46. The van der Waals surface area contributed by atoms with Crippen molar-refractivity contribution in [2.24, 2.45) is 4.99 Å². The molecule has 0 bridgehead atoms. The second kappa shape index (κ2) is 9.01. The highest BCUT2D eigenvalue weighted by Crippen LogP contribution is 2.13.